The maximum absolute atomic E-state index is 6.25. The van der Waals surface area contributed by atoms with Gasteiger partial charge in [-0.15, -0.1) is 0 Å². The third kappa shape index (κ3) is 3.70. The lowest BCUT2D eigenvalue weighted by Crippen LogP contribution is -2.38. The van der Waals surface area contributed by atoms with Gasteiger partial charge in [0.2, 0.25) is 0 Å². The van der Waals surface area contributed by atoms with E-state index in [1.807, 2.05) is 36.0 Å². The van der Waals surface area contributed by atoms with Crippen molar-refractivity contribution in [2.45, 2.75) is 36.6 Å². The average molecular weight is 337 g/mol. The lowest BCUT2D eigenvalue weighted by Gasteiger charge is -2.39. The van der Waals surface area contributed by atoms with Crippen LogP contribution in [-0.4, -0.2) is 23.7 Å². The van der Waals surface area contributed by atoms with E-state index in [1.54, 1.807) is 7.11 Å². The van der Waals surface area contributed by atoms with Crippen LogP contribution >= 0.6 is 23.4 Å². The number of fused-ring (bicyclic) bond motifs is 1. The van der Waals surface area contributed by atoms with Gasteiger partial charge in [-0.05, 0) is 30.2 Å². The fourth-order valence-corrected chi connectivity index (χ4v) is 4.72. The highest BCUT2D eigenvalue weighted by Gasteiger charge is 2.36. The van der Waals surface area contributed by atoms with Crippen LogP contribution < -0.4 is 4.74 Å². The van der Waals surface area contributed by atoms with E-state index in [1.165, 1.54) is 0 Å². The van der Waals surface area contributed by atoms with Crippen LogP contribution in [0.2, 0.25) is 0 Å². The van der Waals surface area contributed by atoms with Gasteiger partial charge in [-0.1, -0.05) is 42.8 Å². The molecule has 0 unspecified atom stereocenters. The van der Waals surface area contributed by atoms with E-state index in [4.69, 9.17) is 21.1 Å². The van der Waals surface area contributed by atoms with Crippen LogP contribution in [0.4, 0.5) is 0 Å². The Balaban J connectivity index is 1.68. The lowest BCUT2D eigenvalue weighted by molar-refractivity contribution is 0.00709. The number of methoxy groups -OCH3 is 1. The van der Waals surface area contributed by atoms with Gasteiger partial charge in [-0.3, -0.25) is 0 Å². The van der Waals surface area contributed by atoms with Gasteiger partial charge in [0.15, 0.2) is 0 Å². The Labute approximate surface area is 141 Å². The van der Waals surface area contributed by atoms with Crippen LogP contribution in [0.15, 0.2) is 47.5 Å². The van der Waals surface area contributed by atoms with Crippen molar-refractivity contribution in [1.29, 1.82) is 0 Å². The van der Waals surface area contributed by atoms with Crippen LogP contribution in [0.25, 0.3) is 0 Å². The van der Waals surface area contributed by atoms with Gasteiger partial charge in [0.1, 0.15) is 5.75 Å². The zero-order valence-corrected chi connectivity index (χ0v) is 14.4. The average Bonchev–Trinajstić information content (AvgIpc) is 2.53. The molecule has 4 heteroatoms. The van der Waals surface area contributed by atoms with Crippen LogP contribution in [0, 0.1) is 5.92 Å². The first kappa shape index (κ1) is 16.0. The molecule has 1 aromatic rings. The summed E-state index contributed by atoms with van der Waals surface area (Å²) in [5.74, 6) is 1.24. The van der Waals surface area contributed by atoms with Crippen LogP contribution in [0.1, 0.15) is 18.9 Å². The minimum Gasteiger partial charge on any atom is -0.497 e. The number of hydrogen-bond acceptors (Lipinski definition) is 3. The Hall–Kier alpha value is -0.900. The number of halogens is 1. The largest absolute Gasteiger partial charge is 0.497 e. The Kier molecular flexibility index (Phi) is 5.17. The predicted octanol–water partition coefficient (Wildman–Crippen LogP) is 4.78. The van der Waals surface area contributed by atoms with Gasteiger partial charge in [-0.25, -0.2) is 0 Å². The summed E-state index contributed by atoms with van der Waals surface area (Å²) in [5.41, 5.74) is 1.14. The third-order valence-electron chi connectivity index (χ3n) is 4.16. The Morgan fingerprint density at radius 1 is 1.36 bits per heavy atom. The molecule has 0 N–H and O–H groups in total. The van der Waals surface area contributed by atoms with Crippen molar-refractivity contribution < 1.29 is 9.47 Å². The third-order valence-corrected chi connectivity index (χ3v) is 5.85. The predicted molar refractivity (Wildman–Crippen MR) is 93.6 cm³/mol. The molecule has 22 heavy (non-hydrogen) atoms. The molecule has 1 aliphatic carbocycles. The minimum atomic E-state index is 0.214. The van der Waals surface area contributed by atoms with E-state index in [-0.39, 0.29) is 6.10 Å². The molecule has 1 saturated heterocycles. The number of allylic oxidation sites excluding steroid dienone is 2. The zero-order valence-electron chi connectivity index (χ0n) is 12.9. The molecule has 2 aliphatic rings. The highest BCUT2D eigenvalue weighted by Crippen LogP contribution is 2.42. The molecule has 0 aromatic heterocycles. The molecule has 1 aliphatic heterocycles. The van der Waals surface area contributed by atoms with Crippen molar-refractivity contribution in [3.8, 4) is 5.75 Å². The molecule has 0 radical (unpaired) electrons. The maximum Gasteiger partial charge on any atom is 0.119 e. The van der Waals surface area contributed by atoms with Crippen LogP contribution in [0.5, 0.6) is 5.75 Å². The molecule has 0 amide bonds. The molecular formula is C18H21ClO2S. The summed E-state index contributed by atoms with van der Waals surface area (Å²) in [6.07, 6.45) is 7.65. The molecule has 0 bridgehead atoms. The van der Waals surface area contributed by atoms with E-state index in [0.29, 0.717) is 23.0 Å². The van der Waals surface area contributed by atoms with Crippen molar-refractivity contribution in [3.05, 3.63) is 53.1 Å². The van der Waals surface area contributed by atoms with Crippen molar-refractivity contribution in [2.75, 3.05) is 7.11 Å². The molecule has 3 rings (SSSR count). The molecule has 1 aromatic carbocycles. The summed E-state index contributed by atoms with van der Waals surface area (Å²) in [6.45, 7) is 2.88. The normalized spacial score (nSPS) is 30.6. The summed E-state index contributed by atoms with van der Waals surface area (Å²) < 4.78 is 11.5. The van der Waals surface area contributed by atoms with Crippen molar-refractivity contribution in [1.82, 2.24) is 0 Å². The zero-order chi connectivity index (χ0) is 15.5. The second kappa shape index (κ2) is 7.12. The van der Waals surface area contributed by atoms with E-state index < -0.39 is 0 Å². The molecule has 118 valence electrons. The van der Waals surface area contributed by atoms with Crippen molar-refractivity contribution >= 4 is 23.4 Å². The Morgan fingerprint density at radius 2 is 2.23 bits per heavy atom. The monoisotopic (exact) mass is 336 g/mol. The second-order valence-corrected chi connectivity index (χ2v) is 7.89. The van der Waals surface area contributed by atoms with E-state index in [0.717, 1.165) is 22.8 Å². The fourth-order valence-electron chi connectivity index (χ4n) is 3.06. The van der Waals surface area contributed by atoms with Gasteiger partial charge >= 0.3 is 0 Å². The number of rotatable bonds is 4. The number of hydrogen-bond donors (Lipinski definition) is 0. The number of thioether (sulfide) groups is 1. The first-order chi connectivity index (χ1) is 10.7. The van der Waals surface area contributed by atoms with Crippen LogP contribution in [-0.2, 0) is 11.3 Å². The van der Waals surface area contributed by atoms with Gasteiger partial charge in [0, 0.05) is 21.5 Å². The molecule has 4 atom stereocenters. The Morgan fingerprint density at radius 3 is 3.05 bits per heavy atom. The number of benzene rings is 1. The van der Waals surface area contributed by atoms with E-state index >= 15 is 0 Å². The van der Waals surface area contributed by atoms with Gasteiger partial charge < -0.3 is 9.47 Å². The highest BCUT2D eigenvalue weighted by atomic mass is 35.5. The van der Waals surface area contributed by atoms with Gasteiger partial charge in [0.25, 0.3) is 0 Å². The first-order valence-electron chi connectivity index (χ1n) is 7.61. The standard InChI is InChI=1S/C18H21ClO2S/c1-12-8-17(16-10-14(19)6-7-18(16)22-12)21-11-13-4-3-5-15(9-13)20-2/h3-7,9-10,12,16-18H,8,11H2,1-2H3/t12-,16-,17+,18-/m1/s1. The summed E-state index contributed by atoms with van der Waals surface area (Å²) in [5, 5.41) is 1.90. The topological polar surface area (TPSA) is 18.5 Å². The maximum atomic E-state index is 6.25. The molecule has 0 spiro atoms. The van der Waals surface area contributed by atoms with E-state index in [2.05, 4.69) is 25.1 Å². The molecule has 2 nitrogen and oxygen atoms in total. The van der Waals surface area contributed by atoms with Crippen LogP contribution in [0.3, 0.4) is 0 Å². The molecule has 0 saturated carbocycles. The Bertz CT molecular complexity index is 584. The van der Waals surface area contributed by atoms with Crippen molar-refractivity contribution in [2.24, 2.45) is 5.92 Å². The van der Waals surface area contributed by atoms with Crippen molar-refractivity contribution in [3.63, 3.8) is 0 Å². The smallest absolute Gasteiger partial charge is 0.119 e. The van der Waals surface area contributed by atoms with Gasteiger partial charge in [0.05, 0.1) is 19.8 Å². The van der Waals surface area contributed by atoms with Gasteiger partial charge in [-0.2, -0.15) is 11.8 Å². The minimum absolute atomic E-state index is 0.214. The second-order valence-electron chi connectivity index (χ2n) is 5.84. The molecular weight excluding hydrogens is 316 g/mol. The quantitative estimate of drug-likeness (QED) is 0.788. The molecule has 1 fully saturated rings. The fraction of sp³-hybridized carbons (Fsp3) is 0.444. The summed E-state index contributed by atoms with van der Waals surface area (Å²) >= 11 is 8.20. The molecule has 1 heterocycles. The van der Waals surface area contributed by atoms with E-state index in [9.17, 15) is 0 Å². The number of ether oxygens (including phenoxy) is 2. The first-order valence-corrected chi connectivity index (χ1v) is 8.93. The highest BCUT2D eigenvalue weighted by molar-refractivity contribution is 8.00. The SMILES string of the molecule is COc1cccc(CO[C@H]2C[C@@H](C)S[C@@H]3C=CC(Cl)=C[C@H]23)c1. The lowest BCUT2D eigenvalue weighted by atomic mass is 9.90. The summed E-state index contributed by atoms with van der Waals surface area (Å²) in [4.78, 5) is 0. The summed E-state index contributed by atoms with van der Waals surface area (Å²) in [7, 11) is 1.69. The summed E-state index contributed by atoms with van der Waals surface area (Å²) in [6, 6.07) is 8.06.